The lowest BCUT2D eigenvalue weighted by Crippen LogP contribution is -2.41. The minimum absolute atomic E-state index is 0.00179. The van der Waals surface area contributed by atoms with Gasteiger partial charge in [-0.2, -0.15) is 13.2 Å². The summed E-state index contributed by atoms with van der Waals surface area (Å²) in [5.74, 6) is 0.123. The fourth-order valence-corrected chi connectivity index (χ4v) is 7.68. The topological polar surface area (TPSA) is 96.5 Å². The van der Waals surface area contributed by atoms with Crippen molar-refractivity contribution in [2.45, 2.75) is 36.4 Å². The molecule has 6 rings (SSSR count). The number of hydrogen-bond acceptors (Lipinski definition) is 9. The Balaban J connectivity index is 1.37. The first kappa shape index (κ1) is 26.2. The van der Waals surface area contributed by atoms with Crippen molar-refractivity contribution in [3.63, 3.8) is 0 Å². The first-order valence-corrected chi connectivity index (χ1v) is 15.0. The molecule has 3 aromatic rings. The number of nitrogens with zero attached hydrogens (tertiary/aromatic N) is 3. The lowest BCUT2D eigenvalue weighted by molar-refractivity contribution is -0.137. The summed E-state index contributed by atoms with van der Waals surface area (Å²) < 4.78 is 72.6. The molecule has 0 amide bonds. The SMILES string of the molecule is C=C1CNCCN1c1ccc(Nc2ncc(C(F)(F)F)c(-c3cc4c(s3)COCCS4(=O)=O)n2)c(C2CC2)c1. The van der Waals surface area contributed by atoms with Gasteiger partial charge in [0.1, 0.15) is 5.56 Å². The van der Waals surface area contributed by atoms with Gasteiger partial charge in [-0.3, -0.25) is 0 Å². The summed E-state index contributed by atoms with van der Waals surface area (Å²) in [6.45, 7) is 6.56. The smallest absolute Gasteiger partial charge is 0.375 e. The van der Waals surface area contributed by atoms with Crippen molar-refractivity contribution in [2.75, 3.05) is 42.2 Å². The van der Waals surface area contributed by atoms with Gasteiger partial charge in [-0.05, 0) is 48.6 Å². The van der Waals surface area contributed by atoms with Crippen molar-refractivity contribution in [2.24, 2.45) is 0 Å². The number of piperazine rings is 1. The number of aromatic nitrogens is 2. The molecule has 0 spiro atoms. The summed E-state index contributed by atoms with van der Waals surface area (Å²) >= 11 is 0.944. The minimum atomic E-state index is -4.73. The van der Waals surface area contributed by atoms with Crippen molar-refractivity contribution in [3.8, 4) is 10.6 Å². The zero-order valence-electron chi connectivity index (χ0n) is 20.8. The van der Waals surface area contributed by atoms with Crippen LogP contribution in [0.5, 0.6) is 0 Å². The highest BCUT2D eigenvalue weighted by atomic mass is 32.2. The van der Waals surface area contributed by atoms with Crippen molar-refractivity contribution in [1.82, 2.24) is 15.3 Å². The van der Waals surface area contributed by atoms with Crippen LogP contribution in [-0.4, -0.2) is 50.4 Å². The van der Waals surface area contributed by atoms with Gasteiger partial charge < -0.3 is 20.3 Å². The van der Waals surface area contributed by atoms with Crippen LogP contribution in [0.25, 0.3) is 10.6 Å². The largest absolute Gasteiger partial charge is 0.420 e. The molecule has 1 aliphatic carbocycles. The molecule has 1 saturated carbocycles. The summed E-state index contributed by atoms with van der Waals surface area (Å²) in [7, 11) is -3.67. The first-order chi connectivity index (χ1) is 18.6. The first-order valence-electron chi connectivity index (χ1n) is 12.5. The number of sulfone groups is 1. The second-order valence-electron chi connectivity index (χ2n) is 9.79. The average Bonchev–Trinajstić information content (AvgIpc) is 3.66. The molecule has 0 atom stereocenters. The van der Waals surface area contributed by atoms with E-state index in [0.29, 0.717) is 17.3 Å². The van der Waals surface area contributed by atoms with Crippen LogP contribution in [0.2, 0.25) is 0 Å². The van der Waals surface area contributed by atoms with Gasteiger partial charge in [0, 0.05) is 47.8 Å². The summed E-state index contributed by atoms with van der Waals surface area (Å²) in [5.41, 5.74) is 2.38. The molecule has 2 N–H and O–H groups in total. The van der Waals surface area contributed by atoms with Crippen LogP contribution in [-0.2, 0) is 27.4 Å². The van der Waals surface area contributed by atoms with E-state index in [1.54, 1.807) is 0 Å². The van der Waals surface area contributed by atoms with Crippen LogP contribution in [0, 0.1) is 0 Å². The molecule has 2 fully saturated rings. The van der Waals surface area contributed by atoms with Gasteiger partial charge in [0.2, 0.25) is 5.95 Å². The maximum Gasteiger partial charge on any atom is 0.420 e. The number of nitrogens with one attached hydrogen (secondary N) is 2. The number of benzene rings is 1. The van der Waals surface area contributed by atoms with Gasteiger partial charge in [0.15, 0.2) is 9.84 Å². The fourth-order valence-electron chi connectivity index (χ4n) is 4.85. The minimum Gasteiger partial charge on any atom is -0.375 e. The molecule has 0 unspecified atom stereocenters. The van der Waals surface area contributed by atoms with Crippen molar-refractivity contribution < 1.29 is 26.3 Å². The molecule has 3 aliphatic rings. The Kier molecular flexibility index (Phi) is 6.64. The third kappa shape index (κ3) is 5.28. The zero-order valence-corrected chi connectivity index (χ0v) is 22.5. The Bertz CT molecular complexity index is 1550. The molecule has 1 saturated heterocycles. The number of anilines is 3. The lowest BCUT2D eigenvalue weighted by atomic mass is 10.1. The number of fused-ring (bicyclic) bond motifs is 1. The van der Waals surface area contributed by atoms with Crippen molar-refractivity contribution >= 4 is 38.5 Å². The molecule has 206 valence electrons. The van der Waals surface area contributed by atoms with Crippen LogP contribution in [0.3, 0.4) is 0 Å². The Morgan fingerprint density at radius 2 is 2.05 bits per heavy atom. The van der Waals surface area contributed by atoms with Crippen molar-refractivity contribution in [3.05, 3.63) is 58.7 Å². The molecule has 2 aromatic heterocycles. The molecule has 1 aromatic carbocycles. The van der Waals surface area contributed by atoms with Crippen LogP contribution >= 0.6 is 11.3 Å². The Morgan fingerprint density at radius 1 is 1.23 bits per heavy atom. The van der Waals surface area contributed by atoms with Crippen LogP contribution < -0.4 is 15.5 Å². The van der Waals surface area contributed by atoms with Gasteiger partial charge >= 0.3 is 6.18 Å². The van der Waals surface area contributed by atoms with E-state index in [9.17, 15) is 21.6 Å². The number of thiophene rings is 1. The van der Waals surface area contributed by atoms with Crippen molar-refractivity contribution in [1.29, 1.82) is 0 Å². The normalized spacial score (nSPS) is 19.5. The predicted octanol–water partition coefficient (Wildman–Crippen LogP) is 5.07. The summed E-state index contributed by atoms with van der Waals surface area (Å²) in [6, 6.07) is 7.23. The van der Waals surface area contributed by atoms with Crippen LogP contribution in [0.4, 0.5) is 30.5 Å². The highest BCUT2D eigenvalue weighted by Crippen LogP contribution is 2.46. The molecule has 0 radical (unpaired) electrons. The summed E-state index contributed by atoms with van der Waals surface area (Å²) in [5, 5.41) is 6.43. The van der Waals surface area contributed by atoms with E-state index in [1.807, 2.05) is 12.1 Å². The molecule has 13 heteroatoms. The Labute approximate surface area is 227 Å². The van der Waals surface area contributed by atoms with E-state index in [-0.39, 0.29) is 40.4 Å². The number of alkyl halides is 3. The quantitative estimate of drug-likeness (QED) is 0.434. The molecule has 8 nitrogen and oxygen atoms in total. The monoisotopic (exact) mass is 577 g/mol. The second kappa shape index (κ2) is 9.88. The van der Waals surface area contributed by atoms with Gasteiger partial charge in [-0.25, -0.2) is 18.4 Å². The Morgan fingerprint density at radius 3 is 2.79 bits per heavy atom. The fraction of sp³-hybridized carbons (Fsp3) is 0.385. The number of halogens is 3. The van der Waals surface area contributed by atoms with E-state index >= 15 is 0 Å². The molecular weight excluding hydrogens is 551 g/mol. The Hall–Kier alpha value is -3.00. The van der Waals surface area contributed by atoms with Crippen LogP contribution in [0.1, 0.15) is 34.8 Å². The highest BCUT2D eigenvalue weighted by Gasteiger charge is 2.37. The maximum atomic E-state index is 14.0. The second-order valence-corrected chi connectivity index (χ2v) is 13.0. The summed E-state index contributed by atoms with van der Waals surface area (Å²) in [6.07, 6.45) is -1.93. The predicted molar refractivity (Wildman–Crippen MR) is 143 cm³/mol. The van der Waals surface area contributed by atoms with E-state index < -0.39 is 21.6 Å². The zero-order chi connectivity index (χ0) is 27.4. The lowest BCUT2D eigenvalue weighted by Gasteiger charge is -2.32. The van der Waals surface area contributed by atoms with E-state index in [0.717, 1.165) is 66.1 Å². The van der Waals surface area contributed by atoms with Gasteiger partial charge in [0.05, 0.1) is 34.4 Å². The van der Waals surface area contributed by atoms with E-state index in [1.165, 1.54) is 6.07 Å². The van der Waals surface area contributed by atoms with E-state index in [4.69, 9.17) is 4.74 Å². The molecule has 39 heavy (non-hydrogen) atoms. The third-order valence-corrected chi connectivity index (χ3v) is 9.98. The molecular formula is C26H26F3N5O3S2. The number of hydrogen-bond donors (Lipinski definition) is 2. The third-order valence-electron chi connectivity index (χ3n) is 7.00. The van der Waals surface area contributed by atoms with Gasteiger partial charge in [-0.1, -0.05) is 6.58 Å². The molecule has 0 bridgehead atoms. The molecule has 2 aliphatic heterocycles. The van der Waals surface area contributed by atoms with Crippen LogP contribution in [0.15, 0.2) is 47.6 Å². The van der Waals surface area contributed by atoms with Gasteiger partial charge in [-0.15, -0.1) is 11.3 Å². The number of ether oxygens (including phenoxy) is 1. The average molecular weight is 578 g/mol. The van der Waals surface area contributed by atoms with Gasteiger partial charge in [0.25, 0.3) is 0 Å². The standard InChI is InChI=1S/C26H26F3N5O3S2/c1-15-12-30-6-7-34(15)17-4-5-20(18(10-17)16-2-3-16)32-25-31-13-19(26(27,28)29)24(33-25)21-11-23-22(38-21)14-37-8-9-39(23,35)36/h4-5,10-11,13,16,30H,1-3,6-9,12,14H2,(H,31,32,33). The maximum absolute atomic E-state index is 14.0. The van der Waals surface area contributed by atoms with E-state index in [2.05, 4.69) is 38.1 Å². The highest BCUT2D eigenvalue weighted by molar-refractivity contribution is 7.91. The number of rotatable bonds is 5. The molecule has 4 heterocycles. The summed E-state index contributed by atoms with van der Waals surface area (Å²) in [4.78, 5) is 10.9.